The number of rotatable bonds is 6. The number of nitrogens with two attached hydrogens (primary N) is 1. The van der Waals surface area contributed by atoms with Gasteiger partial charge in [-0.1, -0.05) is 0 Å². The zero-order valence-electron chi connectivity index (χ0n) is 25.7. The minimum absolute atomic E-state index is 0.0161. The van der Waals surface area contributed by atoms with Crippen molar-refractivity contribution in [2.24, 2.45) is 0 Å². The fourth-order valence-corrected chi connectivity index (χ4v) is 8.84. The van der Waals surface area contributed by atoms with Crippen molar-refractivity contribution in [3.05, 3.63) is 45.8 Å². The molecular weight excluding hydrogens is 742 g/mol. The Morgan fingerprint density at radius 3 is 2.56 bits per heavy atom. The number of hydrogen-bond acceptors (Lipinski definition) is 19. The van der Waals surface area contributed by atoms with Gasteiger partial charge < -0.3 is 38.6 Å². The van der Waals surface area contributed by atoms with Crippen molar-refractivity contribution in [1.29, 1.82) is 0 Å². The Labute approximate surface area is 282 Å². The number of nitrogen functional groups attached to an aromatic ring is 1. The van der Waals surface area contributed by atoms with Gasteiger partial charge in [0, 0.05) is 23.6 Å². The Bertz CT molecular complexity index is 1950. The first kappa shape index (κ1) is 36.5. The van der Waals surface area contributed by atoms with Gasteiger partial charge in [-0.25, -0.2) is 37.9 Å². The van der Waals surface area contributed by atoms with E-state index in [0.29, 0.717) is 4.57 Å². The van der Waals surface area contributed by atoms with E-state index in [-0.39, 0.29) is 28.4 Å². The number of anilines is 1. The van der Waals surface area contributed by atoms with Crippen LogP contribution in [0.15, 0.2) is 34.5 Å². The largest absolute Gasteiger partial charge is 0.756 e. The number of hydrogen-bond donors (Lipinski definition) is 2. The highest BCUT2D eigenvalue weighted by molar-refractivity contribution is 8.55. The molecule has 3 aromatic heterocycles. The maximum absolute atomic E-state index is 16.1. The Balaban J connectivity index is 1.33. The standard InChI is InChI=1S/C24H29F2N7O14P2S/c1-10(2)43-24(36)40-9-50-49(39)42-5-11-14(25)18(22(44-11)33-8-30-16-19(27)28-7-29-20(16)33)46-48(37,38)41-6-12-17(47-49)15(26)21(45-12)32-4-3-13(34)31-23(32)35/h3-4,7-8,10-12,14-15,17-18,21-22H,5-6,9H2,1-2H3,(H,37,38)(H2,27,28,29)(H,31,34,35)/p-1/t11-,12-,14-,15-,17-,18-,21-,22-,49?/m1/s1. The van der Waals surface area contributed by atoms with Crippen molar-refractivity contribution >= 4 is 49.1 Å². The van der Waals surface area contributed by atoms with Crippen LogP contribution in [-0.4, -0.2) is 97.2 Å². The van der Waals surface area contributed by atoms with Gasteiger partial charge in [-0.15, -0.1) is 0 Å². The summed E-state index contributed by atoms with van der Waals surface area (Å²) in [4.78, 5) is 63.0. The quantitative estimate of drug-likeness (QED) is 0.201. The van der Waals surface area contributed by atoms with Gasteiger partial charge in [-0.2, -0.15) is 0 Å². The third-order valence-corrected chi connectivity index (χ3v) is 11.6. The number of imidazole rings is 1. The molecule has 0 amide bonds. The molecule has 6 heterocycles. The van der Waals surface area contributed by atoms with E-state index in [1.165, 1.54) is 0 Å². The monoisotopic (exact) mass is 770 g/mol. The van der Waals surface area contributed by atoms with E-state index in [9.17, 15) is 28.4 Å². The number of ether oxygens (including phenoxy) is 4. The first-order valence-electron chi connectivity index (χ1n) is 14.5. The summed E-state index contributed by atoms with van der Waals surface area (Å²) in [5, 5.41) is 0. The summed E-state index contributed by atoms with van der Waals surface area (Å²) in [6.07, 6.45) is -14.2. The fraction of sp³-hybridized carbons (Fsp3) is 0.583. The molecule has 3 aliphatic heterocycles. The third kappa shape index (κ3) is 7.64. The maximum atomic E-state index is 16.1. The topological polar surface area (TPSA) is 273 Å². The van der Waals surface area contributed by atoms with Gasteiger partial charge in [0.05, 0.1) is 25.6 Å². The van der Waals surface area contributed by atoms with Gasteiger partial charge in [-0.3, -0.25) is 32.5 Å². The molecule has 26 heteroatoms. The van der Waals surface area contributed by atoms with Crippen LogP contribution in [-0.2, 0) is 46.2 Å². The molecule has 50 heavy (non-hydrogen) atoms. The molecule has 3 aliphatic rings. The summed E-state index contributed by atoms with van der Waals surface area (Å²) < 4.78 is 103. The number of nitrogens with zero attached hydrogens (tertiary/aromatic N) is 5. The van der Waals surface area contributed by atoms with Crippen LogP contribution in [0.25, 0.3) is 11.2 Å². The third-order valence-electron chi connectivity index (χ3n) is 7.33. The molecule has 3 saturated heterocycles. The lowest BCUT2D eigenvalue weighted by Crippen LogP contribution is -2.36. The second kappa shape index (κ2) is 14.4. The van der Waals surface area contributed by atoms with Crippen LogP contribution >= 0.6 is 26.0 Å². The number of alkyl halides is 2. The molecule has 3 N–H and O–H groups in total. The van der Waals surface area contributed by atoms with Crippen LogP contribution in [0.2, 0.25) is 0 Å². The number of carbonyl (C=O) groups is 1. The number of fused-ring (bicyclic) bond motifs is 4. The fourth-order valence-electron chi connectivity index (χ4n) is 5.15. The molecule has 10 atom stereocenters. The van der Waals surface area contributed by atoms with Crippen molar-refractivity contribution in [3.63, 3.8) is 0 Å². The number of phosphoric acid groups is 1. The Kier molecular flexibility index (Phi) is 10.5. The van der Waals surface area contributed by atoms with E-state index in [0.717, 1.165) is 29.5 Å². The number of H-pyrrole nitrogens is 1. The highest BCUT2D eigenvalue weighted by Gasteiger charge is 2.54. The Morgan fingerprint density at radius 1 is 1.08 bits per heavy atom. The summed E-state index contributed by atoms with van der Waals surface area (Å²) in [7, 11) is -5.52. The van der Waals surface area contributed by atoms with E-state index >= 15 is 8.78 Å². The van der Waals surface area contributed by atoms with E-state index in [4.69, 9.17) is 42.8 Å². The maximum Gasteiger partial charge on any atom is 0.509 e. The highest BCUT2D eigenvalue weighted by atomic mass is 32.7. The molecular formula is C24H28F2N7O14P2S-. The van der Waals surface area contributed by atoms with E-state index in [1.54, 1.807) is 13.8 Å². The zero-order valence-corrected chi connectivity index (χ0v) is 28.3. The number of aromatic amines is 1. The Morgan fingerprint density at radius 2 is 1.82 bits per heavy atom. The van der Waals surface area contributed by atoms with Crippen molar-refractivity contribution in [2.75, 3.05) is 24.9 Å². The molecule has 3 fully saturated rings. The van der Waals surface area contributed by atoms with Gasteiger partial charge in [0.25, 0.3) is 13.4 Å². The number of carbonyl (C=O) groups excluding carboxylic acids is 1. The second-order valence-corrected chi connectivity index (χ2v) is 16.4. The predicted octanol–water partition coefficient (Wildman–Crippen LogP) is 1.08. The molecule has 0 saturated carbocycles. The summed E-state index contributed by atoms with van der Waals surface area (Å²) in [5.41, 5.74) is 4.03. The van der Waals surface area contributed by atoms with Gasteiger partial charge in [0.15, 0.2) is 42.2 Å². The summed E-state index contributed by atoms with van der Waals surface area (Å²) >= 11 is 0.230. The predicted molar refractivity (Wildman–Crippen MR) is 161 cm³/mol. The van der Waals surface area contributed by atoms with Crippen LogP contribution in [0.1, 0.15) is 26.3 Å². The second-order valence-electron chi connectivity index (χ2n) is 11.1. The zero-order chi connectivity index (χ0) is 36.0. The number of nitrogens with one attached hydrogen (secondary N) is 1. The van der Waals surface area contributed by atoms with Crippen molar-refractivity contribution in [1.82, 2.24) is 29.1 Å². The molecule has 2 unspecified atom stereocenters. The molecule has 0 aliphatic carbocycles. The van der Waals surface area contributed by atoms with Crippen molar-refractivity contribution in [2.45, 2.75) is 69.2 Å². The van der Waals surface area contributed by atoms with E-state index in [2.05, 4.69) is 15.0 Å². The number of halogens is 2. The van der Waals surface area contributed by atoms with E-state index < -0.39 is 106 Å². The van der Waals surface area contributed by atoms with Crippen molar-refractivity contribution < 1.29 is 64.6 Å². The van der Waals surface area contributed by atoms with Crippen LogP contribution in [0, 0.1) is 0 Å². The first-order chi connectivity index (χ1) is 23.6. The SMILES string of the molecule is CC(C)OC(=O)OCSP1(=O)OC[C@H]2O[C@@H](n3cnc4c(N)ncnc43)[C@H](OP(=O)([O-])OC[C@H]3O[C@@H](n4ccc(=O)[nH]c4=O)[C@H](F)[C@@H]3O1)[C@@H]2F. The average molecular weight is 771 g/mol. The van der Waals surface area contributed by atoms with Gasteiger partial charge in [0.1, 0.15) is 36.3 Å². The molecule has 21 nitrogen and oxygen atoms in total. The molecule has 0 spiro atoms. The minimum Gasteiger partial charge on any atom is -0.756 e. The van der Waals surface area contributed by atoms with Crippen LogP contribution in [0.3, 0.4) is 0 Å². The van der Waals surface area contributed by atoms with Gasteiger partial charge in [-0.05, 0) is 13.8 Å². The minimum atomic E-state index is -5.52. The number of phosphoric ester groups is 1. The highest BCUT2D eigenvalue weighted by Crippen LogP contribution is 2.63. The average Bonchev–Trinajstić information content (AvgIpc) is 3.69. The van der Waals surface area contributed by atoms with Crippen LogP contribution in [0.4, 0.5) is 19.4 Å². The molecule has 0 radical (unpaired) electrons. The normalized spacial score (nSPS) is 34.8. The molecule has 2 bridgehead atoms. The van der Waals surface area contributed by atoms with E-state index in [1.807, 2.05) is 4.98 Å². The lowest BCUT2D eigenvalue weighted by atomic mass is 10.1. The van der Waals surface area contributed by atoms with Crippen LogP contribution in [0.5, 0.6) is 0 Å². The molecule has 3 aromatic rings. The summed E-state index contributed by atoms with van der Waals surface area (Å²) in [6.45, 7) is -3.66. The molecule has 0 aromatic carbocycles. The van der Waals surface area contributed by atoms with Gasteiger partial charge in [0.2, 0.25) is 0 Å². The Hall–Kier alpha value is -3.31. The first-order valence-corrected chi connectivity index (χ1v) is 19.1. The summed E-state index contributed by atoms with van der Waals surface area (Å²) in [6, 6.07) is 0.893. The summed E-state index contributed by atoms with van der Waals surface area (Å²) in [5.74, 6) is -0.788. The molecule has 274 valence electrons. The van der Waals surface area contributed by atoms with Crippen molar-refractivity contribution in [3.8, 4) is 0 Å². The lowest BCUT2D eigenvalue weighted by Gasteiger charge is -2.30. The lowest BCUT2D eigenvalue weighted by molar-refractivity contribution is -0.236. The van der Waals surface area contributed by atoms with Gasteiger partial charge >= 0.3 is 18.6 Å². The molecule has 6 rings (SSSR count). The smallest absolute Gasteiger partial charge is 0.509 e. The van der Waals surface area contributed by atoms with Crippen LogP contribution < -0.4 is 21.9 Å². The number of aromatic nitrogens is 6.